The number of oxime groups is 1. The van der Waals surface area contributed by atoms with Gasteiger partial charge in [0.15, 0.2) is 0 Å². The maximum Gasteiger partial charge on any atom is 0.412 e. The number of nitrogens with zero attached hydrogens (tertiary/aromatic N) is 2. The Labute approximate surface area is 389 Å². The number of rotatable bonds is 31. The first-order valence-corrected chi connectivity index (χ1v) is 25.2. The normalized spacial score (nSPS) is 24.1. The highest BCUT2D eigenvalue weighted by Crippen LogP contribution is 2.62. The lowest BCUT2D eigenvalue weighted by Gasteiger charge is -2.60. The van der Waals surface area contributed by atoms with Crippen LogP contribution in [0.4, 0.5) is 4.79 Å². The van der Waals surface area contributed by atoms with Crippen molar-refractivity contribution in [3.05, 3.63) is 48.1 Å². The van der Waals surface area contributed by atoms with Crippen LogP contribution in [-0.4, -0.2) is 108 Å². The van der Waals surface area contributed by atoms with E-state index in [2.05, 4.69) is 24.9 Å². The van der Waals surface area contributed by atoms with Crippen molar-refractivity contribution in [1.82, 2.24) is 10.2 Å². The fourth-order valence-corrected chi connectivity index (χ4v) is 10.2. The van der Waals surface area contributed by atoms with Crippen LogP contribution in [-0.2, 0) is 19.1 Å². The standard InChI is InChI=1S/C52H83N3O10/c1-6-8-9-10-11-12-13-14-15-18-27-53-50(60)63-40-25-26-45-43(36-40)47-41(22-17-20-30-57)39(21-16-19-29-56)35-42-44(54-65-51(3,4)5)37-46(52(64-45,48(42)47)62-32-7-2)55(28-33-61-34-31-58)49(59)38-23-24-38/h7,25-26,35-36,38-39,41,46-48,56-58H,2,6,8-24,27-34,37H2,1,3-5H3,(H,53,60)/t39-,41+,46-,47+,48+,52+/m0/s1. The van der Waals surface area contributed by atoms with Gasteiger partial charge in [0.05, 0.1) is 38.1 Å². The van der Waals surface area contributed by atoms with Crippen LogP contribution >= 0.6 is 0 Å². The predicted molar refractivity (Wildman–Crippen MR) is 254 cm³/mol. The van der Waals surface area contributed by atoms with Gasteiger partial charge >= 0.3 is 6.09 Å². The number of aliphatic hydroxyl groups excluding tert-OH is 3. The second kappa shape index (κ2) is 26.7. The van der Waals surface area contributed by atoms with Crippen LogP contribution in [0.1, 0.15) is 161 Å². The Morgan fingerprint density at radius 3 is 2.26 bits per heavy atom. The fraction of sp³-hybridized carbons (Fsp3) is 0.750. The highest BCUT2D eigenvalue weighted by molar-refractivity contribution is 6.03. The molecule has 1 aromatic rings. The molecule has 366 valence electrons. The maximum atomic E-state index is 14.6. The van der Waals surface area contributed by atoms with Crippen LogP contribution < -0.4 is 14.8 Å². The molecule has 0 saturated heterocycles. The Balaban J connectivity index is 1.55. The molecule has 13 heteroatoms. The summed E-state index contributed by atoms with van der Waals surface area (Å²) in [5.41, 5.74) is 1.93. The first-order chi connectivity index (χ1) is 31.5. The van der Waals surface area contributed by atoms with Crippen LogP contribution in [0.25, 0.3) is 0 Å². The molecule has 4 N–H and O–H groups in total. The van der Waals surface area contributed by atoms with Gasteiger partial charge in [-0.1, -0.05) is 94.9 Å². The zero-order valence-electron chi connectivity index (χ0n) is 40.2. The van der Waals surface area contributed by atoms with Crippen LogP contribution in [0.15, 0.2) is 47.7 Å². The summed E-state index contributed by atoms with van der Waals surface area (Å²) >= 11 is 0. The molecule has 5 rings (SSSR count). The van der Waals surface area contributed by atoms with Gasteiger partial charge in [0.25, 0.3) is 0 Å². The average Bonchev–Trinajstić information content (AvgIpc) is 4.14. The van der Waals surface area contributed by atoms with Crippen LogP contribution in [0.5, 0.6) is 11.5 Å². The quantitative estimate of drug-likeness (QED) is 0.0320. The smallest absolute Gasteiger partial charge is 0.412 e. The summed E-state index contributed by atoms with van der Waals surface area (Å²) in [7, 11) is 0. The lowest BCUT2D eigenvalue weighted by molar-refractivity contribution is -0.258. The molecule has 0 radical (unpaired) electrons. The van der Waals surface area contributed by atoms with E-state index in [0.717, 1.165) is 74.6 Å². The summed E-state index contributed by atoms with van der Waals surface area (Å²) in [6.45, 7) is 13.5. The monoisotopic (exact) mass is 910 g/mol. The summed E-state index contributed by atoms with van der Waals surface area (Å²) in [5, 5.41) is 37.3. The molecule has 2 saturated carbocycles. The Kier molecular flexibility index (Phi) is 21.6. The topological polar surface area (TPSA) is 169 Å². The van der Waals surface area contributed by atoms with Gasteiger partial charge in [0, 0.05) is 50.1 Å². The molecular formula is C52H83N3O10. The van der Waals surface area contributed by atoms with Crippen LogP contribution in [0.2, 0.25) is 0 Å². The second-order valence-electron chi connectivity index (χ2n) is 19.6. The number of amides is 2. The number of aliphatic hydroxyl groups is 3. The molecular weight excluding hydrogens is 827 g/mol. The number of hydrogen-bond acceptors (Lipinski definition) is 11. The van der Waals surface area contributed by atoms with E-state index in [9.17, 15) is 24.9 Å². The van der Waals surface area contributed by atoms with Gasteiger partial charge in [-0.25, -0.2) is 4.79 Å². The van der Waals surface area contributed by atoms with E-state index in [1.54, 1.807) is 12.1 Å². The molecule has 1 heterocycles. The average molecular weight is 910 g/mol. The molecule has 0 spiro atoms. The van der Waals surface area contributed by atoms with Crippen molar-refractivity contribution in [2.75, 3.05) is 52.7 Å². The molecule has 65 heavy (non-hydrogen) atoms. The van der Waals surface area contributed by atoms with Crippen molar-refractivity contribution in [3.8, 4) is 11.5 Å². The molecule has 1 aromatic carbocycles. The fourth-order valence-electron chi connectivity index (χ4n) is 10.2. The van der Waals surface area contributed by atoms with Gasteiger partial charge in [0.1, 0.15) is 23.1 Å². The summed E-state index contributed by atoms with van der Waals surface area (Å²) < 4.78 is 26.2. The van der Waals surface area contributed by atoms with E-state index in [1.165, 1.54) is 44.9 Å². The number of hydrogen-bond donors (Lipinski definition) is 4. The molecule has 0 aromatic heterocycles. The number of benzene rings is 1. The van der Waals surface area contributed by atoms with Crippen molar-refractivity contribution in [1.29, 1.82) is 0 Å². The Bertz CT molecular complexity index is 1690. The molecule has 2 fully saturated rings. The second-order valence-corrected chi connectivity index (χ2v) is 19.6. The number of ether oxygens (including phenoxy) is 4. The lowest BCUT2D eigenvalue weighted by atomic mass is 9.55. The third-order valence-corrected chi connectivity index (χ3v) is 13.4. The minimum Gasteiger partial charge on any atom is -0.459 e. The van der Waals surface area contributed by atoms with Crippen LogP contribution in [0.3, 0.4) is 0 Å². The number of carbonyl (C=O) groups is 2. The van der Waals surface area contributed by atoms with E-state index in [1.807, 2.05) is 37.8 Å². The molecule has 0 unspecified atom stereocenters. The van der Waals surface area contributed by atoms with Gasteiger partial charge < -0.3 is 49.3 Å². The number of fused-ring (bicyclic) bond motifs is 2. The summed E-state index contributed by atoms with van der Waals surface area (Å²) in [6, 6.07) is 4.90. The minimum atomic E-state index is -1.40. The van der Waals surface area contributed by atoms with Gasteiger partial charge in [-0.05, 0) is 101 Å². The first kappa shape index (κ1) is 52.5. The molecule has 6 atom stereocenters. The van der Waals surface area contributed by atoms with Crippen molar-refractivity contribution in [3.63, 3.8) is 0 Å². The molecule has 1 aliphatic heterocycles. The molecule has 0 bridgehead atoms. The van der Waals surface area contributed by atoms with E-state index < -0.39 is 29.4 Å². The number of carbonyl (C=O) groups excluding carboxylic acids is 2. The maximum absolute atomic E-state index is 14.6. The Hall–Kier alpha value is -3.49. The van der Waals surface area contributed by atoms with Crippen molar-refractivity contribution in [2.24, 2.45) is 28.8 Å². The number of allylic oxidation sites excluding steroid dienone is 1. The zero-order chi connectivity index (χ0) is 46.7. The predicted octanol–water partition coefficient (Wildman–Crippen LogP) is 9.38. The summed E-state index contributed by atoms with van der Waals surface area (Å²) in [5.74, 6) is -1.20. The van der Waals surface area contributed by atoms with Crippen molar-refractivity contribution < 1.29 is 48.7 Å². The minimum absolute atomic E-state index is 0.00314. The highest BCUT2D eigenvalue weighted by Gasteiger charge is 2.66. The number of nitrogens with one attached hydrogen (secondary N) is 1. The Morgan fingerprint density at radius 1 is 0.923 bits per heavy atom. The summed E-state index contributed by atoms with van der Waals surface area (Å²) in [6.07, 6.45) is 22.0. The largest absolute Gasteiger partial charge is 0.459 e. The van der Waals surface area contributed by atoms with Gasteiger partial charge in [-0.3, -0.25) is 4.79 Å². The SMILES string of the molecule is C=CCO[C@@]12Oc3ccc(OC(=O)NCCCCCCCCCCCC)cc3[C@H]3[C@H](CCCCO)[C@@H](CCCCO)C=C(C(=NOC(C)(C)C)C[C@@H]1N(CCOCCO)C(=O)C1CC1)[C@H]32. The van der Waals surface area contributed by atoms with Crippen molar-refractivity contribution >= 4 is 17.7 Å². The third kappa shape index (κ3) is 15.0. The molecule has 2 amide bonds. The van der Waals surface area contributed by atoms with E-state index in [4.69, 9.17) is 28.9 Å². The van der Waals surface area contributed by atoms with E-state index in [-0.39, 0.29) is 82.2 Å². The van der Waals surface area contributed by atoms with Gasteiger partial charge in [-0.2, -0.15) is 0 Å². The third-order valence-electron chi connectivity index (χ3n) is 13.4. The highest BCUT2D eigenvalue weighted by atomic mass is 16.7. The summed E-state index contributed by atoms with van der Waals surface area (Å²) in [4.78, 5) is 36.0. The molecule has 3 aliphatic carbocycles. The lowest BCUT2D eigenvalue weighted by Crippen LogP contribution is -2.70. The molecule has 4 aliphatic rings. The first-order valence-electron chi connectivity index (χ1n) is 25.2. The van der Waals surface area contributed by atoms with Crippen molar-refractivity contribution in [2.45, 2.75) is 173 Å². The zero-order valence-corrected chi connectivity index (χ0v) is 40.2. The van der Waals surface area contributed by atoms with Crippen LogP contribution in [0, 0.1) is 23.7 Å². The molecule has 13 nitrogen and oxygen atoms in total. The number of unbranched alkanes of at least 4 members (excludes halogenated alkanes) is 11. The Morgan fingerprint density at radius 2 is 1.62 bits per heavy atom. The van der Waals surface area contributed by atoms with E-state index >= 15 is 0 Å². The van der Waals surface area contributed by atoms with Gasteiger partial charge in [-0.15, -0.1) is 6.58 Å². The van der Waals surface area contributed by atoms with E-state index in [0.29, 0.717) is 30.9 Å². The van der Waals surface area contributed by atoms with Gasteiger partial charge in [0.2, 0.25) is 11.7 Å².